The molecule has 29 heavy (non-hydrogen) atoms. The van der Waals surface area contributed by atoms with Gasteiger partial charge in [0.05, 0.1) is 25.5 Å². The molecule has 8 heteroatoms. The smallest absolute Gasteiger partial charge is 0.221 e. The Morgan fingerprint density at radius 3 is 2.72 bits per heavy atom. The summed E-state index contributed by atoms with van der Waals surface area (Å²) in [6, 6.07) is 12.1. The monoisotopic (exact) mass is 387 g/mol. The summed E-state index contributed by atoms with van der Waals surface area (Å²) < 4.78 is 5.42. The predicted molar refractivity (Wildman–Crippen MR) is 113 cm³/mol. The Balaban J connectivity index is 1.38. The molecule has 2 aliphatic rings. The van der Waals surface area contributed by atoms with Crippen molar-refractivity contribution < 1.29 is 4.74 Å². The lowest BCUT2D eigenvalue weighted by atomic mass is 10.0. The van der Waals surface area contributed by atoms with E-state index in [-0.39, 0.29) is 5.95 Å². The number of rotatable bonds is 4. The number of hydrogen-bond acceptors (Lipinski definition) is 8. The number of nitrogens with two attached hydrogens (primary N) is 1. The van der Waals surface area contributed by atoms with Gasteiger partial charge < -0.3 is 20.7 Å². The van der Waals surface area contributed by atoms with Crippen molar-refractivity contribution in [2.24, 2.45) is 4.99 Å². The highest BCUT2D eigenvalue weighted by Crippen LogP contribution is 2.27. The summed E-state index contributed by atoms with van der Waals surface area (Å²) in [4.78, 5) is 19.8. The molecule has 2 aliphatic heterocycles. The van der Waals surface area contributed by atoms with E-state index in [0.29, 0.717) is 12.4 Å². The molecule has 146 valence electrons. The lowest BCUT2D eigenvalue weighted by molar-refractivity contribution is 0.122. The zero-order valence-corrected chi connectivity index (χ0v) is 15.9. The summed E-state index contributed by atoms with van der Waals surface area (Å²) in [6.45, 7) is 3.92. The first-order valence-corrected chi connectivity index (χ1v) is 9.59. The molecule has 4 heterocycles. The van der Waals surface area contributed by atoms with Gasteiger partial charge in [-0.15, -0.1) is 0 Å². The molecule has 3 aromatic rings. The number of anilines is 4. The van der Waals surface area contributed by atoms with Crippen LogP contribution in [-0.2, 0) is 11.3 Å². The summed E-state index contributed by atoms with van der Waals surface area (Å²) >= 11 is 0. The number of aliphatic imine (C=N–C) groups is 1. The fraction of sp³-hybridized carbons (Fsp3) is 0.238. The minimum absolute atomic E-state index is 0.241. The Morgan fingerprint density at radius 1 is 1.03 bits per heavy atom. The van der Waals surface area contributed by atoms with Gasteiger partial charge in [-0.05, 0) is 35.9 Å². The Hall–Kier alpha value is -3.52. The third kappa shape index (κ3) is 3.62. The van der Waals surface area contributed by atoms with Gasteiger partial charge in [-0.25, -0.2) is 9.97 Å². The molecule has 1 saturated heterocycles. The Bertz CT molecular complexity index is 1060. The summed E-state index contributed by atoms with van der Waals surface area (Å²) in [5.74, 6) is 1.88. The summed E-state index contributed by atoms with van der Waals surface area (Å²) in [5, 5.41) is 3.28. The first-order valence-electron chi connectivity index (χ1n) is 9.59. The standard InChI is InChI=1S/C21H21N7O/c22-21-23-6-5-18(27-21)26-16-3-1-14-12-25-20(17(14)11-16)15-2-4-19(24-13-15)28-7-9-29-10-8-28/h1-6,11,13H,7-10,12H2,(H3,22,23,26,27). The van der Waals surface area contributed by atoms with Gasteiger partial charge in [0.1, 0.15) is 11.6 Å². The highest BCUT2D eigenvalue weighted by Gasteiger charge is 2.19. The third-order valence-corrected chi connectivity index (χ3v) is 5.08. The maximum Gasteiger partial charge on any atom is 0.221 e. The molecule has 2 aromatic heterocycles. The van der Waals surface area contributed by atoms with Crippen molar-refractivity contribution in [1.29, 1.82) is 0 Å². The second-order valence-electron chi connectivity index (χ2n) is 6.97. The molecule has 0 spiro atoms. The maximum absolute atomic E-state index is 5.67. The molecule has 0 bridgehead atoms. The number of pyridine rings is 1. The van der Waals surface area contributed by atoms with E-state index in [2.05, 4.69) is 49.4 Å². The number of nitrogens with one attached hydrogen (secondary N) is 1. The van der Waals surface area contributed by atoms with Crippen LogP contribution in [0.25, 0.3) is 0 Å². The molecule has 0 amide bonds. The first kappa shape index (κ1) is 17.6. The zero-order chi connectivity index (χ0) is 19.6. The van der Waals surface area contributed by atoms with Crippen LogP contribution < -0.4 is 16.0 Å². The Kier molecular flexibility index (Phi) is 4.53. The molecule has 0 saturated carbocycles. The maximum atomic E-state index is 5.67. The molecule has 5 rings (SSSR count). The average molecular weight is 387 g/mol. The summed E-state index contributed by atoms with van der Waals surface area (Å²) in [5.41, 5.74) is 10.9. The topological polar surface area (TPSA) is 102 Å². The van der Waals surface area contributed by atoms with Gasteiger partial charge >= 0.3 is 0 Å². The van der Waals surface area contributed by atoms with Crippen LogP contribution in [0.15, 0.2) is 53.8 Å². The molecule has 0 radical (unpaired) electrons. The highest BCUT2D eigenvalue weighted by molar-refractivity contribution is 6.15. The molecular formula is C21H21N7O. The van der Waals surface area contributed by atoms with Crippen LogP contribution in [0.2, 0.25) is 0 Å². The van der Waals surface area contributed by atoms with Crippen LogP contribution in [-0.4, -0.2) is 47.0 Å². The van der Waals surface area contributed by atoms with E-state index in [9.17, 15) is 0 Å². The number of ether oxygens (including phenoxy) is 1. The van der Waals surface area contributed by atoms with E-state index in [1.807, 2.05) is 12.3 Å². The fourth-order valence-corrected chi connectivity index (χ4v) is 3.61. The number of nitrogens with zero attached hydrogens (tertiary/aromatic N) is 5. The van der Waals surface area contributed by atoms with Crippen molar-refractivity contribution >= 4 is 29.0 Å². The number of benzene rings is 1. The zero-order valence-electron chi connectivity index (χ0n) is 15.9. The SMILES string of the molecule is Nc1nccc(Nc2ccc3c(c2)C(c2ccc(N4CCOCC4)nc2)=NC3)n1. The highest BCUT2D eigenvalue weighted by atomic mass is 16.5. The lowest BCUT2D eigenvalue weighted by Crippen LogP contribution is -2.36. The first-order chi connectivity index (χ1) is 14.3. The average Bonchev–Trinajstić information content (AvgIpc) is 3.18. The van der Waals surface area contributed by atoms with Crippen molar-refractivity contribution in [2.45, 2.75) is 6.54 Å². The van der Waals surface area contributed by atoms with Crippen molar-refractivity contribution in [3.63, 3.8) is 0 Å². The van der Waals surface area contributed by atoms with Gasteiger partial charge in [-0.3, -0.25) is 4.99 Å². The lowest BCUT2D eigenvalue weighted by Gasteiger charge is -2.27. The Morgan fingerprint density at radius 2 is 1.93 bits per heavy atom. The molecule has 3 N–H and O–H groups in total. The molecule has 1 fully saturated rings. The second kappa shape index (κ2) is 7.48. The normalized spacial score (nSPS) is 15.7. The van der Waals surface area contributed by atoms with Gasteiger partial charge in [-0.1, -0.05) is 6.07 Å². The number of hydrogen-bond donors (Lipinski definition) is 2. The van der Waals surface area contributed by atoms with Crippen LogP contribution >= 0.6 is 0 Å². The van der Waals surface area contributed by atoms with Crippen molar-refractivity contribution in [3.05, 3.63) is 65.5 Å². The Labute approximate surface area is 168 Å². The quantitative estimate of drug-likeness (QED) is 0.709. The van der Waals surface area contributed by atoms with Crippen LogP contribution in [0, 0.1) is 0 Å². The van der Waals surface area contributed by atoms with Crippen LogP contribution in [0.5, 0.6) is 0 Å². The van der Waals surface area contributed by atoms with Crippen LogP contribution in [0.3, 0.4) is 0 Å². The van der Waals surface area contributed by atoms with Gasteiger partial charge in [0.2, 0.25) is 5.95 Å². The minimum atomic E-state index is 0.241. The fourth-order valence-electron chi connectivity index (χ4n) is 3.61. The second-order valence-corrected chi connectivity index (χ2v) is 6.97. The summed E-state index contributed by atoms with van der Waals surface area (Å²) in [6.07, 6.45) is 3.54. The van der Waals surface area contributed by atoms with E-state index in [1.54, 1.807) is 12.3 Å². The molecular weight excluding hydrogens is 366 g/mol. The number of aromatic nitrogens is 3. The van der Waals surface area contributed by atoms with Gasteiger partial charge in [0.25, 0.3) is 0 Å². The van der Waals surface area contributed by atoms with Crippen LogP contribution in [0.4, 0.5) is 23.3 Å². The van der Waals surface area contributed by atoms with Gasteiger partial charge in [-0.2, -0.15) is 4.98 Å². The molecule has 1 aromatic carbocycles. The number of morpholine rings is 1. The van der Waals surface area contributed by atoms with E-state index in [0.717, 1.165) is 54.6 Å². The van der Waals surface area contributed by atoms with Crippen molar-refractivity contribution in [3.8, 4) is 0 Å². The largest absolute Gasteiger partial charge is 0.378 e. The van der Waals surface area contributed by atoms with E-state index < -0.39 is 0 Å². The summed E-state index contributed by atoms with van der Waals surface area (Å²) in [7, 11) is 0. The van der Waals surface area contributed by atoms with Crippen LogP contribution in [0.1, 0.15) is 16.7 Å². The molecule has 8 nitrogen and oxygen atoms in total. The third-order valence-electron chi connectivity index (χ3n) is 5.08. The molecule has 0 aliphatic carbocycles. The number of nitrogen functional groups attached to an aromatic ring is 1. The van der Waals surface area contributed by atoms with E-state index in [4.69, 9.17) is 15.5 Å². The van der Waals surface area contributed by atoms with Crippen molar-refractivity contribution in [1.82, 2.24) is 15.0 Å². The predicted octanol–water partition coefficient (Wildman–Crippen LogP) is 2.39. The van der Waals surface area contributed by atoms with E-state index >= 15 is 0 Å². The molecule has 0 unspecified atom stereocenters. The van der Waals surface area contributed by atoms with E-state index in [1.165, 1.54) is 5.56 Å². The minimum Gasteiger partial charge on any atom is -0.378 e. The molecule has 0 atom stereocenters. The van der Waals surface area contributed by atoms with Gasteiger partial charge in [0, 0.05) is 42.3 Å². The number of fused-ring (bicyclic) bond motifs is 1. The van der Waals surface area contributed by atoms with Crippen molar-refractivity contribution in [2.75, 3.05) is 42.3 Å². The van der Waals surface area contributed by atoms with Gasteiger partial charge in [0.15, 0.2) is 0 Å².